The van der Waals surface area contributed by atoms with E-state index in [0.717, 1.165) is 24.6 Å². The van der Waals surface area contributed by atoms with Crippen molar-refractivity contribution in [3.05, 3.63) is 46.2 Å². The normalized spacial score (nSPS) is 15.7. The predicted molar refractivity (Wildman–Crippen MR) is 107 cm³/mol. The number of amides is 1. The number of nitrogens with zero attached hydrogens (tertiary/aromatic N) is 3. The molecule has 1 unspecified atom stereocenters. The number of hydrogen-bond donors (Lipinski definition) is 1. The molecule has 1 aromatic heterocycles. The first-order chi connectivity index (χ1) is 12.9. The topological polar surface area (TPSA) is 87.8 Å². The van der Waals surface area contributed by atoms with Crippen LogP contribution in [0.2, 0.25) is 5.02 Å². The molecule has 1 atom stereocenters. The molecule has 0 saturated heterocycles. The average molecular weight is 403 g/mol. The van der Waals surface area contributed by atoms with E-state index in [-0.39, 0.29) is 29.7 Å². The number of hydrogen-bond acceptors (Lipinski definition) is 5. The molecular formula is C19H19ClN4O2S. The molecule has 8 heteroatoms. The Kier molecular flexibility index (Phi) is 5.59. The number of benzene rings is 1. The van der Waals surface area contributed by atoms with E-state index in [2.05, 4.69) is 22.9 Å². The van der Waals surface area contributed by atoms with Crippen molar-refractivity contribution in [3.63, 3.8) is 0 Å². The van der Waals surface area contributed by atoms with Crippen LogP contribution in [0.1, 0.15) is 19.8 Å². The maximum Gasteiger partial charge on any atom is 0.262 e. The first-order valence-electron chi connectivity index (χ1n) is 8.54. The fourth-order valence-corrected chi connectivity index (χ4v) is 3.89. The monoisotopic (exact) mass is 402 g/mol. The summed E-state index contributed by atoms with van der Waals surface area (Å²) in [5.41, 5.74) is -0.571. The summed E-state index contributed by atoms with van der Waals surface area (Å²) in [6.07, 6.45) is 3.50. The Balaban J connectivity index is 1.84. The Hall–Kier alpha value is -2.30. The number of nitrogens with one attached hydrogen (secondary N) is 1. The van der Waals surface area contributed by atoms with Crippen LogP contribution in [0.3, 0.4) is 0 Å². The van der Waals surface area contributed by atoms with Gasteiger partial charge in [0.25, 0.3) is 5.56 Å². The van der Waals surface area contributed by atoms with Gasteiger partial charge in [-0.2, -0.15) is 5.26 Å². The number of allylic oxidation sites excluding steroid dienone is 1. The number of aromatic nitrogens is 2. The largest absolute Gasteiger partial charge is 0.337 e. The van der Waals surface area contributed by atoms with E-state index in [0.29, 0.717) is 21.1 Å². The molecule has 0 bridgehead atoms. The summed E-state index contributed by atoms with van der Waals surface area (Å²) >= 11 is 7.16. The Morgan fingerprint density at radius 2 is 2.33 bits per heavy atom. The number of halogens is 1. The highest BCUT2D eigenvalue weighted by Crippen LogP contribution is 2.39. The number of fused-ring (bicyclic) bond motifs is 1. The van der Waals surface area contributed by atoms with E-state index < -0.39 is 5.54 Å². The van der Waals surface area contributed by atoms with Gasteiger partial charge in [0.1, 0.15) is 5.54 Å². The van der Waals surface area contributed by atoms with Crippen LogP contribution in [0.25, 0.3) is 10.9 Å². The quantitative estimate of drug-likeness (QED) is 0.436. The molecule has 2 aromatic rings. The number of thioether (sulfide) groups is 1. The van der Waals surface area contributed by atoms with Gasteiger partial charge in [0.05, 0.1) is 22.7 Å². The molecule has 1 aromatic carbocycles. The van der Waals surface area contributed by atoms with Crippen molar-refractivity contribution in [2.75, 3.05) is 5.75 Å². The molecule has 1 aliphatic carbocycles. The highest BCUT2D eigenvalue weighted by Gasteiger charge is 2.42. The van der Waals surface area contributed by atoms with Crippen LogP contribution in [-0.2, 0) is 11.3 Å². The lowest BCUT2D eigenvalue weighted by molar-refractivity contribution is -0.119. The van der Waals surface area contributed by atoms with Crippen molar-refractivity contribution in [2.24, 2.45) is 5.92 Å². The van der Waals surface area contributed by atoms with E-state index in [1.807, 2.05) is 0 Å². The van der Waals surface area contributed by atoms with Crippen LogP contribution in [0.5, 0.6) is 0 Å². The summed E-state index contributed by atoms with van der Waals surface area (Å²) < 4.78 is 1.48. The molecule has 6 nitrogen and oxygen atoms in total. The number of rotatable bonds is 7. The van der Waals surface area contributed by atoms with Crippen LogP contribution >= 0.6 is 23.4 Å². The van der Waals surface area contributed by atoms with E-state index >= 15 is 0 Å². The second-order valence-corrected chi connectivity index (χ2v) is 8.06. The second-order valence-electron chi connectivity index (χ2n) is 6.69. The Bertz CT molecular complexity index is 1010. The molecule has 0 aliphatic heterocycles. The van der Waals surface area contributed by atoms with Gasteiger partial charge in [-0.1, -0.05) is 29.4 Å². The van der Waals surface area contributed by atoms with Crippen molar-refractivity contribution in [1.82, 2.24) is 14.9 Å². The van der Waals surface area contributed by atoms with Gasteiger partial charge in [0, 0.05) is 11.6 Å². The Labute approximate surface area is 166 Å². The van der Waals surface area contributed by atoms with E-state index in [1.54, 1.807) is 31.2 Å². The average Bonchev–Trinajstić information content (AvgIpc) is 3.48. The first-order valence-corrected chi connectivity index (χ1v) is 9.90. The third-order valence-corrected chi connectivity index (χ3v) is 5.76. The number of nitriles is 1. The van der Waals surface area contributed by atoms with Crippen LogP contribution in [0.15, 0.2) is 40.8 Å². The maximum absolute atomic E-state index is 12.7. The van der Waals surface area contributed by atoms with Gasteiger partial charge in [-0.3, -0.25) is 14.2 Å². The zero-order valence-corrected chi connectivity index (χ0v) is 16.4. The zero-order valence-electron chi connectivity index (χ0n) is 14.9. The second kappa shape index (κ2) is 7.75. The third-order valence-electron chi connectivity index (χ3n) is 4.55. The Morgan fingerprint density at radius 1 is 1.59 bits per heavy atom. The van der Waals surface area contributed by atoms with Crippen molar-refractivity contribution >= 4 is 40.2 Å². The van der Waals surface area contributed by atoms with Gasteiger partial charge in [-0.15, -0.1) is 6.58 Å². The van der Waals surface area contributed by atoms with Gasteiger partial charge in [-0.05, 0) is 43.9 Å². The maximum atomic E-state index is 12.7. The van der Waals surface area contributed by atoms with Gasteiger partial charge in [0.15, 0.2) is 5.16 Å². The van der Waals surface area contributed by atoms with Crippen LogP contribution in [0.4, 0.5) is 0 Å². The van der Waals surface area contributed by atoms with Crippen molar-refractivity contribution < 1.29 is 4.79 Å². The van der Waals surface area contributed by atoms with Crippen molar-refractivity contribution in [3.8, 4) is 6.07 Å². The molecule has 1 amide bonds. The SMILES string of the molecule is C=CCn1c(SCC(=O)NC(C)(C#N)C2CC2)nc2cc(Cl)ccc2c1=O. The van der Waals surface area contributed by atoms with Gasteiger partial charge < -0.3 is 5.32 Å². The van der Waals surface area contributed by atoms with Crippen molar-refractivity contribution in [1.29, 1.82) is 5.26 Å². The smallest absolute Gasteiger partial charge is 0.262 e. The number of carbonyl (C=O) groups is 1. The fraction of sp³-hybridized carbons (Fsp3) is 0.368. The summed E-state index contributed by atoms with van der Waals surface area (Å²) in [4.78, 5) is 29.6. The minimum absolute atomic E-state index is 0.0552. The standard InChI is InChI=1S/C19H19ClN4O2S/c1-3-8-24-17(26)14-7-6-13(20)9-15(14)22-18(24)27-10-16(25)23-19(2,11-21)12-4-5-12/h3,6-7,9,12H,1,4-5,8,10H2,2H3,(H,23,25). The summed E-state index contributed by atoms with van der Waals surface area (Å²) in [6.45, 7) is 5.71. The summed E-state index contributed by atoms with van der Waals surface area (Å²) in [5, 5.41) is 13.5. The first kappa shape index (κ1) is 19.5. The van der Waals surface area contributed by atoms with Crippen LogP contribution in [0, 0.1) is 17.2 Å². The lowest BCUT2D eigenvalue weighted by atomic mass is 9.98. The molecule has 27 heavy (non-hydrogen) atoms. The molecule has 1 fully saturated rings. The minimum atomic E-state index is -0.844. The summed E-state index contributed by atoms with van der Waals surface area (Å²) in [5.74, 6) is -0.00232. The van der Waals surface area contributed by atoms with E-state index in [9.17, 15) is 14.9 Å². The molecular weight excluding hydrogens is 384 g/mol. The molecule has 140 valence electrons. The van der Waals surface area contributed by atoms with Crippen LogP contribution < -0.4 is 10.9 Å². The van der Waals surface area contributed by atoms with E-state index in [4.69, 9.17) is 11.6 Å². The Morgan fingerprint density at radius 3 is 2.96 bits per heavy atom. The molecule has 1 saturated carbocycles. The van der Waals surface area contributed by atoms with Gasteiger partial charge in [-0.25, -0.2) is 4.98 Å². The summed E-state index contributed by atoms with van der Waals surface area (Å²) in [6, 6.07) is 7.11. The minimum Gasteiger partial charge on any atom is -0.337 e. The zero-order chi connectivity index (χ0) is 19.6. The highest BCUT2D eigenvalue weighted by atomic mass is 35.5. The molecule has 1 N–H and O–H groups in total. The lowest BCUT2D eigenvalue weighted by Crippen LogP contribution is -2.47. The van der Waals surface area contributed by atoms with Crippen molar-refractivity contribution in [2.45, 2.75) is 37.0 Å². The molecule has 0 radical (unpaired) electrons. The fourth-order valence-electron chi connectivity index (χ4n) is 2.91. The van der Waals surface area contributed by atoms with Crippen LogP contribution in [-0.4, -0.2) is 26.8 Å². The van der Waals surface area contributed by atoms with Gasteiger partial charge >= 0.3 is 0 Å². The molecule has 1 aliphatic rings. The molecule has 0 spiro atoms. The summed E-state index contributed by atoms with van der Waals surface area (Å²) in [7, 11) is 0. The lowest BCUT2D eigenvalue weighted by Gasteiger charge is -2.22. The predicted octanol–water partition coefficient (Wildman–Crippen LogP) is 3.14. The molecule has 1 heterocycles. The third kappa shape index (κ3) is 4.18. The number of carbonyl (C=O) groups excluding carboxylic acids is 1. The van der Waals surface area contributed by atoms with E-state index in [1.165, 1.54) is 4.57 Å². The van der Waals surface area contributed by atoms with Gasteiger partial charge in [0.2, 0.25) is 5.91 Å². The highest BCUT2D eigenvalue weighted by molar-refractivity contribution is 7.99. The molecule has 3 rings (SSSR count).